The van der Waals surface area contributed by atoms with Crippen LogP contribution in [0.5, 0.6) is 0 Å². The molecular weight excluding hydrogens is 1510 g/mol. The molecule has 1 saturated heterocycles. The Kier molecular flexibility index (Phi) is 26.8. The lowest BCUT2D eigenvalue weighted by molar-refractivity contribution is -0.156. The summed E-state index contributed by atoms with van der Waals surface area (Å²) >= 11 is 4.53. The predicted molar refractivity (Wildman–Crippen MR) is 436 cm³/mol. The zero-order chi connectivity index (χ0) is 78.9. The Bertz CT molecular complexity index is 5970. The molecule has 3 N–H and O–H groups in total. The molecule has 0 spiro atoms. The summed E-state index contributed by atoms with van der Waals surface area (Å²) < 4.78 is 70.7. The molecule has 27 nitrogen and oxygen atoms in total. The van der Waals surface area contributed by atoms with E-state index in [1.165, 1.54) is 60.9 Å². The summed E-state index contributed by atoms with van der Waals surface area (Å²) in [6.07, 6.45) is 8.50. The summed E-state index contributed by atoms with van der Waals surface area (Å²) in [5.41, 5.74) is 9.48. The number of alkyl halides is 3. The van der Waals surface area contributed by atoms with E-state index in [4.69, 9.17) is 25.5 Å². The first-order valence-corrected chi connectivity index (χ1v) is 45.5. The van der Waals surface area contributed by atoms with E-state index in [-0.39, 0.29) is 38.3 Å². The lowest BCUT2D eigenvalue weighted by atomic mass is 10.1. The molecule has 15 aromatic rings. The van der Waals surface area contributed by atoms with Gasteiger partial charge in [0.25, 0.3) is 16.7 Å². The Labute approximate surface area is 647 Å². The highest BCUT2D eigenvalue weighted by Crippen LogP contribution is 2.35. The highest BCUT2D eigenvalue weighted by atomic mass is 32.1. The summed E-state index contributed by atoms with van der Waals surface area (Å²) in [4.78, 5) is 62.6. The van der Waals surface area contributed by atoms with Crippen LogP contribution in [0.2, 0.25) is 51.4 Å². The molecule has 110 heavy (non-hydrogen) atoms. The Morgan fingerprint density at radius 2 is 0.945 bits per heavy atom. The monoisotopic (exact) mass is 1590 g/mol. The van der Waals surface area contributed by atoms with E-state index in [9.17, 15) is 32.7 Å². The number of hydrogen-bond acceptors (Lipinski definition) is 21. The Hall–Kier alpha value is -9.50. The average Bonchev–Trinajstić information content (AvgIpc) is 1.60. The van der Waals surface area contributed by atoms with Gasteiger partial charge >= 0.3 is 6.18 Å². The lowest BCUT2D eigenvalue weighted by Gasteiger charge is -2.15. The number of aliphatic hydroxyl groups is 2. The number of aromatic nitrogens is 18. The molecule has 0 saturated carbocycles. The van der Waals surface area contributed by atoms with E-state index in [1.807, 2.05) is 125 Å². The molecule has 12 aromatic heterocycles. The van der Waals surface area contributed by atoms with Crippen molar-refractivity contribution in [1.29, 1.82) is 0 Å². The number of aliphatic hydroxyl groups excluding tert-OH is 2. The third-order valence-electron chi connectivity index (χ3n) is 18.0. The van der Waals surface area contributed by atoms with Crippen LogP contribution >= 0.6 is 34.0 Å². The standard InChI is InChI=1S/C24H30N6O3SSi.C24H28N6O2SSi.C18H16N6O2S.C4H8O.C2HF3O.C2H6.B/c1-28-21-18(22-23(28)27-20(34-22)8-9-31)13-25-29(24(21)32)14-16-6-5-7-19-17(16)12-26-30(19)15-33-10-11-35(2,3)4;1-6-20-27-23-22(33-20)18-13-25-29(24(31)21(18)28(23)2)14-16-8-7-9-19-17(16)12-26-30(19)15-32-10-11-34(3,4)5;1-23-15-12(16-17(23)21-14(27-16)5-6-25)8-20-24(18(15)26)9-10-3-2-4-13-11(10)7-19-22-13;1-2-4-5-3-1;3-2(4,5)1-6;1-2;/h5-7,12-13,31H,8-11,14-15H2,1-4H3;6-9,12-13H,1,10-11,14-15H2,2-5H3;2-4,7-8,25H,5-6,9H2,1H3,(H,19,22);1-4H2;1H;1-2H3;/i;;;;1D;;. The zero-order valence-electron chi connectivity index (χ0n) is 64.3. The largest absolute Gasteiger partial charge is 0.446 e. The second-order valence-electron chi connectivity index (χ2n) is 28.0. The number of fused-ring (bicyclic) bond motifs is 12. The number of aryl methyl sites for hydroxylation is 3. The van der Waals surface area contributed by atoms with Crippen molar-refractivity contribution in [3.8, 4) is 0 Å². The molecule has 3 radical (unpaired) electrons. The van der Waals surface area contributed by atoms with Gasteiger partial charge in [0.2, 0.25) is 6.26 Å². The van der Waals surface area contributed by atoms with Crippen LogP contribution < -0.4 is 16.7 Å². The van der Waals surface area contributed by atoms with Crippen LogP contribution in [-0.4, -0.2) is 175 Å². The van der Waals surface area contributed by atoms with Crippen molar-refractivity contribution < 1.29 is 43.8 Å². The second-order valence-corrected chi connectivity index (χ2v) is 42.5. The number of aromatic amines is 1. The van der Waals surface area contributed by atoms with Crippen LogP contribution in [0.3, 0.4) is 0 Å². The Morgan fingerprint density at radius 1 is 0.573 bits per heavy atom. The van der Waals surface area contributed by atoms with Gasteiger partial charge in [0, 0.05) is 131 Å². The number of halogens is 3. The fourth-order valence-corrected chi connectivity index (χ4v) is 17.0. The molecule has 1 aliphatic heterocycles. The highest BCUT2D eigenvalue weighted by Gasteiger charge is 2.26. The number of carbonyl (C=O) groups is 1. The molecule has 1 fully saturated rings. The number of aldehydes is 1. The maximum Gasteiger partial charge on any atom is 0.446 e. The molecule has 579 valence electrons. The molecule has 0 unspecified atom stereocenters. The van der Waals surface area contributed by atoms with E-state index in [2.05, 4.69) is 96.5 Å². The third-order valence-corrected chi connectivity index (χ3v) is 24.7. The summed E-state index contributed by atoms with van der Waals surface area (Å²) in [5, 5.41) is 55.8. The summed E-state index contributed by atoms with van der Waals surface area (Å²) in [7, 11) is 3.30. The van der Waals surface area contributed by atoms with Crippen molar-refractivity contribution in [2.24, 2.45) is 21.1 Å². The zero-order valence-corrected chi connectivity index (χ0v) is 67.7. The minimum atomic E-state index is -4.97. The van der Waals surface area contributed by atoms with Crippen molar-refractivity contribution in [2.75, 3.05) is 39.6 Å². The van der Waals surface area contributed by atoms with E-state index in [0.29, 0.717) is 62.5 Å². The molecule has 3 aromatic carbocycles. The van der Waals surface area contributed by atoms with Gasteiger partial charge in [-0.25, -0.2) is 38.4 Å². The van der Waals surface area contributed by atoms with E-state index in [1.54, 1.807) is 30.9 Å². The predicted octanol–water partition coefficient (Wildman–Crippen LogP) is 12.3. The van der Waals surface area contributed by atoms with Gasteiger partial charge in [-0.2, -0.15) is 43.8 Å². The van der Waals surface area contributed by atoms with Crippen LogP contribution in [-0.2, 0) is 86.1 Å². The van der Waals surface area contributed by atoms with Crippen molar-refractivity contribution in [3.05, 3.63) is 161 Å². The van der Waals surface area contributed by atoms with E-state index in [0.717, 1.165) is 150 Å². The van der Waals surface area contributed by atoms with E-state index >= 15 is 0 Å². The molecule has 0 atom stereocenters. The van der Waals surface area contributed by atoms with Crippen LogP contribution in [0.4, 0.5) is 13.2 Å². The molecule has 36 heteroatoms. The average molecular weight is 1600 g/mol. The molecule has 1 aliphatic rings. The number of thiazole rings is 3. The van der Waals surface area contributed by atoms with Gasteiger partial charge in [-0.1, -0.05) is 96.1 Å². The number of rotatable bonds is 21. The molecule has 13 heterocycles. The van der Waals surface area contributed by atoms with Crippen LogP contribution in [0, 0.1) is 0 Å². The summed E-state index contributed by atoms with van der Waals surface area (Å²) in [6, 6.07) is 20.1. The van der Waals surface area contributed by atoms with E-state index < -0.39 is 28.6 Å². The third kappa shape index (κ3) is 18.7. The normalized spacial score (nSPS) is 12.6. The van der Waals surface area contributed by atoms with Gasteiger partial charge in [-0.15, -0.1) is 34.0 Å². The fraction of sp³-hybridized carbons (Fsp3) is 0.392. The van der Waals surface area contributed by atoms with Gasteiger partial charge in [-0.3, -0.25) is 24.3 Å². The Morgan fingerprint density at radius 3 is 1.32 bits per heavy atom. The van der Waals surface area contributed by atoms with Gasteiger partial charge in [0.1, 0.15) is 36.4 Å². The van der Waals surface area contributed by atoms with Gasteiger partial charge in [0.05, 0.1) is 97.5 Å². The van der Waals surface area contributed by atoms with Crippen molar-refractivity contribution in [2.45, 2.75) is 130 Å². The maximum absolute atomic E-state index is 13.4. The first-order valence-electron chi connectivity index (χ1n) is 36.1. The van der Waals surface area contributed by atoms with Crippen LogP contribution in [0.1, 0.15) is 59.8 Å². The summed E-state index contributed by atoms with van der Waals surface area (Å²) in [6.45, 7) is 27.3. The summed E-state index contributed by atoms with van der Waals surface area (Å²) in [5.74, 6) is 0. The molecule has 0 bridgehead atoms. The molecular formula is C74H89BF3N18O9S3Si2. The lowest BCUT2D eigenvalue weighted by Crippen LogP contribution is -2.24. The maximum atomic E-state index is 13.4. The smallest absolute Gasteiger partial charge is 0.396 e. The molecule has 16 rings (SSSR count). The first kappa shape index (κ1) is 81.5. The fourth-order valence-electron chi connectivity index (χ4n) is 12.3. The van der Waals surface area contributed by atoms with Crippen molar-refractivity contribution in [3.63, 3.8) is 0 Å². The van der Waals surface area contributed by atoms with Gasteiger partial charge in [0.15, 0.2) is 16.9 Å². The number of nitrogens with one attached hydrogen (secondary N) is 1. The van der Waals surface area contributed by atoms with Crippen LogP contribution in [0.25, 0.3) is 103 Å². The topological polar surface area (TPSA) is 308 Å². The Balaban J connectivity index is 0.000000163. The first-order chi connectivity index (χ1) is 52.6. The minimum Gasteiger partial charge on any atom is -0.396 e. The SMILES string of the molecule is C1CCOC1.C=Cc1nc2c(s1)c1cnn(Cc3cccc4c3cnn4COCC[Si](C)(C)C)c(=O)c1n2C.CC.Cn1c2nc(CCO)sc2c2cnn(Cc3cccc4[nH]ncc34)c(=O)c21.Cn1c2nc(CCO)sc2c2cnn(Cc3cccc4c3cnn4COCC[Si](C)(C)C)c(=O)c21.[2H]C(=O)C(F)(F)F.[B]. The number of H-pyrrole nitrogens is 1. The minimum absolute atomic E-state index is 0. The van der Waals surface area contributed by atoms with Gasteiger partial charge in [-0.05, 0) is 65.9 Å². The quantitative estimate of drug-likeness (QED) is 0.0342. The van der Waals surface area contributed by atoms with Crippen molar-refractivity contribution >= 4 is 167 Å². The van der Waals surface area contributed by atoms with Crippen molar-refractivity contribution in [1.82, 2.24) is 87.8 Å². The second kappa shape index (κ2) is 36.1. The number of carbonyl (C=O) groups excluding carboxylic acids is 1. The molecule has 0 amide bonds. The number of hydrogen-bond donors (Lipinski definition) is 3. The number of ether oxygens (including phenoxy) is 3. The highest BCUT2D eigenvalue weighted by molar-refractivity contribution is 7.20. The van der Waals surface area contributed by atoms with Crippen LogP contribution in [0.15, 0.2) is 113 Å². The van der Waals surface area contributed by atoms with Gasteiger partial charge < -0.3 is 38.1 Å². The number of nitrogens with zero attached hydrogens (tertiary/aromatic N) is 17. The number of benzene rings is 3. The molecule has 0 aliphatic carbocycles.